The Bertz CT molecular complexity index is 466. The number of allylic oxidation sites excluding steroid dienone is 2. The maximum absolute atomic E-state index is 4.20. The number of nitrogens with zero attached hydrogens (tertiary/aromatic N) is 1. The van der Waals surface area contributed by atoms with E-state index in [0.29, 0.717) is 12.0 Å². The fraction of sp³-hybridized carbons (Fsp3) is 0.375. The summed E-state index contributed by atoms with van der Waals surface area (Å²) in [6.45, 7) is 13.1. The van der Waals surface area contributed by atoms with Crippen LogP contribution in [0, 0.1) is 5.92 Å². The van der Waals surface area contributed by atoms with Crippen molar-refractivity contribution in [3.8, 4) is 0 Å². The lowest BCUT2D eigenvalue weighted by atomic mass is 9.89. The van der Waals surface area contributed by atoms with E-state index in [0.717, 1.165) is 5.70 Å². The Kier molecular flexibility index (Phi) is 3.10. The molecule has 0 aromatic heterocycles. The van der Waals surface area contributed by atoms with Gasteiger partial charge in [-0.05, 0) is 37.5 Å². The van der Waals surface area contributed by atoms with Gasteiger partial charge < -0.3 is 4.90 Å². The van der Waals surface area contributed by atoms with Gasteiger partial charge in [-0.25, -0.2) is 0 Å². The van der Waals surface area contributed by atoms with E-state index in [1.165, 1.54) is 16.8 Å². The van der Waals surface area contributed by atoms with Gasteiger partial charge >= 0.3 is 0 Å². The molecule has 1 aromatic rings. The van der Waals surface area contributed by atoms with Crippen LogP contribution in [0.3, 0.4) is 0 Å². The lowest BCUT2D eigenvalue weighted by Crippen LogP contribution is -2.31. The van der Waals surface area contributed by atoms with Gasteiger partial charge in [0.2, 0.25) is 0 Å². The van der Waals surface area contributed by atoms with Crippen LogP contribution >= 0.6 is 0 Å². The SMILES string of the molecule is C=C1C=C(C(C)C)c2ccccc2N1C(C)C. The second-order valence-corrected chi connectivity index (χ2v) is 5.23. The summed E-state index contributed by atoms with van der Waals surface area (Å²) in [5.41, 5.74) is 5.13. The molecule has 0 unspecified atom stereocenters. The molecule has 0 aliphatic carbocycles. The molecule has 1 aromatic carbocycles. The number of anilines is 1. The van der Waals surface area contributed by atoms with Gasteiger partial charge in [0.1, 0.15) is 0 Å². The number of benzene rings is 1. The quantitative estimate of drug-likeness (QED) is 0.720. The highest BCUT2D eigenvalue weighted by atomic mass is 15.2. The zero-order chi connectivity index (χ0) is 12.6. The minimum Gasteiger partial charge on any atom is -0.339 e. The lowest BCUT2D eigenvalue weighted by molar-refractivity contribution is 0.754. The Labute approximate surface area is 104 Å². The van der Waals surface area contributed by atoms with Gasteiger partial charge in [0.25, 0.3) is 0 Å². The largest absolute Gasteiger partial charge is 0.339 e. The first-order valence-electron chi connectivity index (χ1n) is 6.31. The highest BCUT2D eigenvalue weighted by Crippen LogP contribution is 2.39. The van der Waals surface area contributed by atoms with Gasteiger partial charge in [-0.15, -0.1) is 0 Å². The lowest BCUT2D eigenvalue weighted by Gasteiger charge is -2.36. The molecule has 2 rings (SSSR count). The van der Waals surface area contributed by atoms with Gasteiger partial charge in [-0.1, -0.05) is 38.6 Å². The van der Waals surface area contributed by atoms with Crippen molar-refractivity contribution < 1.29 is 0 Å². The predicted molar refractivity (Wildman–Crippen MR) is 76.0 cm³/mol. The van der Waals surface area contributed by atoms with Crippen molar-refractivity contribution in [3.05, 3.63) is 48.2 Å². The fourth-order valence-electron chi connectivity index (χ4n) is 2.50. The zero-order valence-electron chi connectivity index (χ0n) is 11.2. The maximum Gasteiger partial charge on any atom is 0.0489 e. The van der Waals surface area contributed by atoms with Crippen LogP contribution in [-0.4, -0.2) is 6.04 Å². The van der Waals surface area contributed by atoms with E-state index >= 15 is 0 Å². The average Bonchev–Trinajstić information content (AvgIpc) is 2.27. The van der Waals surface area contributed by atoms with Crippen molar-refractivity contribution in [2.75, 3.05) is 4.90 Å². The summed E-state index contributed by atoms with van der Waals surface area (Å²) in [5, 5.41) is 0. The number of fused-ring (bicyclic) bond motifs is 1. The summed E-state index contributed by atoms with van der Waals surface area (Å²) in [7, 11) is 0. The van der Waals surface area contributed by atoms with E-state index < -0.39 is 0 Å². The van der Waals surface area contributed by atoms with Gasteiger partial charge in [-0.3, -0.25) is 0 Å². The summed E-state index contributed by atoms with van der Waals surface area (Å²) >= 11 is 0. The Morgan fingerprint density at radius 2 is 1.71 bits per heavy atom. The van der Waals surface area contributed by atoms with E-state index in [-0.39, 0.29) is 0 Å². The molecule has 1 aliphatic rings. The van der Waals surface area contributed by atoms with E-state index in [1.54, 1.807) is 0 Å². The molecule has 90 valence electrons. The highest BCUT2D eigenvalue weighted by molar-refractivity contribution is 5.85. The summed E-state index contributed by atoms with van der Waals surface area (Å²) < 4.78 is 0. The molecule has 0 atom stereocenters. The minimum atomic E-state index is 0.439. The Hall–Kier alpha value is -1.50. The summed E-state index contributed by atoms with van der Waals surface area (Å²) in [5.74, 6) is 0.530. The molecule has 1 heterocycles. The van der Waals surface area contributed by atoms with Crippen molar-refractivity contribution >= 4 is 11.3 Å². The topological polar surface area (TPSA) is 3.24 Å². The predicted octanol–water partition coefficient (Wildman–Crippen LogP) is 4.47. The van der Waals surface area contributed by atoms with E-state index in [9.17, 15) is 0 Å². The van der Waals surface area contributed by atoms with Crippen molar-refractivity contribution in [2.24, 2.45) is 5.92 Å². The second-order valence-electron chi connectivity index (χ2n) is 5.23. The number of hydrogen-bond acceptors (Lipinski definition) is 1. The monoisotopic (exact) mass is 227 g/mol. The molecule has 0 saturated heterocycles. The van der Waals surface area contributed by atoms with Crippen LogP contribution in [-0.2, 0) is 0 Å². The molecule has 0 N–H and O–H groups in total. The van der Waals surface area contributed by atoms with Crippen LogP contribution < -0.4 is 4.90 Å². The first kappa shape index (κ1) is 12.0. The van der Waals surface area contributed by atoms with Crippen LogP contribution in [0.25, 0.3) is 5.57 Å². The molecular formula is C16H21N. The third-order valence-electron chi connectivity index (χ3n) is 3.24. The molecule has 0 fully saturated rings. The van der Waals surface area contributed by atoms with Crippen LogP contribution in [0.5, 0.6) is 0 Å². The average molecular weight is 227 g/mol. The van der Waals surface area contributed by atoms with E-state index in [1.807, 2.05) is 0 Å². The summed E-state index contributed by atoms with van der Waals surface area (Å²) in [4.78, 5) is 2.31. The first-order valence-corrected chi connectivity index (χ1v) is 6.31. The smallest absolute Gasteiger partial charge is 0.0489 e. The third kappa shape index (κ3) is 2.02. The third-order valence-corrected chi connectivity index (χ3v) is 3.24. The molecule has 0 bridgehead atoms. The zero-order valence-corrected chi connectivity index (χ0v) is 11.2. The summed E-state index contributed by atoms with van der Waals surface area (Å²) in [6.07, 6.45) is 2.23. The molecule has 0 amide bonds. The van der Waals surface area contributed by atoms with Crippen molar-refractivity contribution in [1.82, 2.24) is 0 Å². The maximum atomic E-state index is 4.20. The molecule has 1 heteroatoms. The number of hydrogen-bond donors (Lipinski definition) is 0. The minimum absolute atomic E-state index is 0.439. The molecule has 0 radical (unpaired) electrons. The second kappa shape index (κ2) is 4.40. The van der Waals surface area contributed by atoms with Gasteiger partial charge in [0.05, 0.1) is 0 Å². The van der Waals surface area contributed by atoms with Gasteiger partial charge in [0.15, 0.2) is 0 Å². The van der Waals surface area contributed by atoms with Gasteiger partial charge in [0, 0.05) is 23.0 Å². The normalized spacial score (nSPS) is 15.3. The standard InChI is InChI=1S/C16H21N/c1-11(2)15-10-13(5)17(12(3)4)16-9-7-6-8-14(15)16/h6-12H,5H2,1-4H3. The molecule has 1 aliphatic heterocycles. The molecular weight excluding hydrogens is 206 g/mol. The fourth-order valence-corrected chi connectivity index (χ4v) is 2.50. The van der Waals surface area contributed by atoms with E-state index in [2.05, 4.69) is 69.5 Å². The molecule has 17 heavy (non-hydrogen) atoms. The van der Waals surface area contributed by atoms with Crippen LogP contribution in [0.4, 0.5) is 5.69 Å². The van der Waals surface area contributed by atoms with Gasteiger partial charge in [-0.2, -0.15) is 0 Å². The van der Waals surface area contributed by atoms with Crippen LogP contribution in [0.2, 0.25) is 0 Å². The molecule has 0 spiro atoms. The Morgan fingerprint density at radius 3 is 2.29 bits per heavy atom. The van der Waals surface area contributed by atoms with Crippen molar-refractivity contribution in [3.63, 3.8) is 0 Å². The van der Waals surface area contributed by atoms with Crippen molar-refractivity contribution in [2.45, 2.75) is 33.7 Å². The van der Waals surface area contributed by atoms with Crippen LogP contribution in [0.1, 0.15) is 33.3 Å². The Balaban J connectivity index is 2.60. The molecule has 0 saturated carbocycles. The first-order chi connectivity index (χ1) is 8.02. The Morgan fingerprint density at radius 1 is 1.06 bits per heavy atom. The highest BCUT2D eigenvalue weighted by Gasteiger charge is 2.23. The van der Waals surface area contributed by atoms with Crippen LogP contribution in [0.15, 0.2) is 42.6 Å². The number of para-hydroxylation sites is 1. The van der Waals surface area contributed by atoms with Crippen molar-refractivity contribution in [1.29, 1.82) is 0 Å². The summed E-state index contributed by atoms with van der Waals surface area (Å²) in [6, 6.07) is 9.05. The number of rotatable bonds is 2. The molecule has 1 nitrogen and oxygen atoms in total. The van der Waals surface area contributed by atoms with E-state index in [4.69, 9.17) is 0 Å².